The Bertz CT molecular complexity index is 1060. The standard InChI is InChI=1S/C20H16N4O2S/c25-17(13-6-2-1-3-7-13)10-18-19(26)23-20(27-18)24-22-12-14-11-21-16-9-5-4-8-15(14)16/h1-9,11-12,18,21H,10H2,(H,23,24,26)/b22-12+/t18-/m0/s1. The lowest BCUT2D eigenvalue weighted by Crippen LogP contribution is -2.26. The average molecular weight is 376 g/mol. The van der Waals surface area contributed by atoms with Crippen molar-refractivity contribution >= 4 is 45.7 Å². The Morgan fingerprint density at radius 3 is 2.74 bits per heavy atom. The Hall–Kier alpha value is -3.19. The number of Topliss-reactive ketones (excluding diaryl/α,β-unsaturated/α-hetero) is 1. The molecule has 1 atom stereocenters. The number of amidine groups is 1. The number of hydrogen-bond acceptors (Lipinski definition) is 5. The van der Waals surface area contributed by atoms with Gasteiger partial charge in [0.15, 0.2) is 11.0 Å². The minimum Gasteiger partial charge on any atom is -0.361 e. The number of H-pyrrole nitrogens is 1. The normalized spacial score (nSPS) is 18.4. The molecule has 0 bridgehead atoms. The molecule has 1 amide bonds. The number of para-hydroxylation sites is 1. The number of fused-ring (bicyclic) bond motifs is 1. The van der Waals surface area contributed by atoms with Gasteiger partial charge in [-0.2, -0.15) is 5.10 Å². The van der Waals surface area contributed by atoms with Gasteiger partial charge in [-0.1, -0.05) is 60.3 Å². The average Bonchev–Trinajstić information content (AvgIpc) is 3.26. The molecule has 0 spiro atoms. The van der Waals surface area contributed by atoms with Gasteiger partial charge in [-0.25, -0.2) is 0 Å². The molecule has 4 rings (SSSR count). The van der Waals surface area contributed by atoms with Crippen molar-refractivity contribution < 1.29 is 9.59 Å². The zero-order valence-electron chi connectivity index (χ0n) is 14.3. The molecule has 0 aliphatic carbocycles. The summed E-state index contributed by atoms with van der Waals surface area (Å²) in [4.78, 5) is 27.5. The number of benzene rings is 2. The minimum absolute atomic E-state index is 0.0632. The predicted molar refractivity (Wildman–Crippen MR) is 108 cm³/mol. The molecule has 1 aliphatic heterocycles. The SMILES string of the molecule is O=C(C[C@@H]1S/C(=N/N=C/c2c[nH]c3ccccc23)NC1=O)c1ccccc1. The summed E-state index contributed by atoms with van der Waals surface area (Å²) in [5, 5.41) is 11.8. The zero-order chi connectivity index (χ0) is 18.6. The lowest BCUT2D eigenvalue weighted by molar-refractivity contribution is -0.118. The van der Waals surface area contributed by atoms with E-state index in [0.717, 1.165) is 16.5 Å². The van der Waals surface area contributed by atoms with Crippen molar-refractivity contribution in [1.29, 1.82) is 0 Å². The van der Waals surface area contributed by atoms with Crippen LogP contribution in [0, 0.1) is 0 Å². The van der Waals surface area contributed by atoms with Crippen LogP contribution in [0.15, 0.2) is 71.0 Å². The van der Waals surface area contributed by atoms with Gasteiger partial charge in [0.1, 0.15) is 0 Å². The topological polar surface area (TPSA) is 86.7 Å². The fourth-order valence-electron chi connectivity index (χ4n) is 2.84. The van der Waals surface area contributed by atoms with Gasteiger partial charge in [0.2, 0.25) is 5.91 Å². The zero-order valence-corrected chi connectivity index (χ0v) is 15.1. The fraction of sp³-hybridized carbons (Fsp3) is 0.100. The molecular weight excluding hydrogens is 360 g/mol. The molecule has 1 fully saturated rings. The Balaban J connectivity index is 1.42. The second kappa shape index (κ2) is 7.59. The van der Waals surface area contributed by atoms with E-state index in [1.165, 1.54) is 11.8 Å². The van der Waals surface area contributed by atoms with Crippen LogP contribution in [0.2, 0.25) is 0 Å². The van der Waals surface area contributed by atoms with E-state index in [0.29, 0.717) is 10.7 Å². The van der Waals surface area contributed by atoms with Gasteiger partial charge in [0, 0.05) is 34.6 Å². The summed E-state index contributed by atoms with van der Waals surface area (Å²) in [5.41, 5.74) is 2.54. The van der Waals surface area contributed by atoms with Gasteiger partial charge in [0.05, 0.1) is 11.5 Å². The van der Waals surface area contributed by atoms with Crippen molar-refractivity contribution in [3.05, 3.63) is 71.9 Å². The Morgan fingerprint density at radius 1 is 1.11 bits per heavy atom. The summed E-state index contributed by atoms with van der Waals surface area (Å²) in [6.45, 7) is 0. The maximum Gasteiger partial charge on any atom is 0.240 e. The van der Waals surface area contributed by atoms with E-state index in [1.807, 2.05) is 36.5 Å². The summed E-state index contributed by atoms with van der Waals surface area (Å²) in [6, 6.07) is 16.9. The summed E-state index contributed by atoms with van der Waals surface area (Å²) in [5.74, 6) is -0.280. The third-order valence-corrected chi connectivity index (χ3v) is 5.28. The van der Waals surface area contributed by atoms with E-state index in [9.17, 15) is 9.59 Å². The highest BCUT2D eigenvalue weighted by atomic mass is 32.2. The first-order valence-electron chi connectivity index (χ1n) is 8.43. The summed E-state index contributed by atoms with van der Waals surface area (Å²) in [7, 11) is 0. The highest BCUT2D eigenvalue weighted by Gasteiger charge is 2.32. The van der Waals surface area contributed by atoms with Crippen LogP contribution in [0.3, 0.4) is 0 Å². The number of ketones is 1. The molecule has 2 aromatic carbocycles. The lowest BCUT2D eigenvalue weighted by Gasteiger charge is -2.04. The number of nitrogens with one attached hydrogen (secondary N) is 2. The molecule has 2 heterocycles. The van der Waals surface area contributed by atoms with Gasteiger partial charge >= 0.3 is 0 Å². The quantitative estimate of drug-likeness (QED) is 0.407. The van der Waals surface area contributed by atoms with E-state index in [-0.39, 0.29) is 18.1 Å². The molecule has 3 aromatic rings. The smallest absolute Gasteiger partial charge is 0.240 e. The Kier molecular flexibility index (Phi) is 4.84. The van der Waals surface area contributed by atoms with E-state index in [2.05, 4.69) is 20.5 Å². The molecule has 134 valence electrons. The number of rotatable bonds is 5. The number of aromatic amines is 1. The van der Waals surface area contributed by atoms with Gasteiger partial charge in [0.25, 0.3) is 0 Å². The Morgan fingerprint density at radius 2 is 1.89 bits per heavy atom. The van der Waals surface area contributed by atoms with Crippen LogP contribution in [0.1, 0.15) is 22.3 Å². The summed E-state index contributed by atoms with van der Waals surface area (Å²) < 4.78 is 0. The predicted octanol–water partition coefficient (Wildman–Crippen LogP) is 3.36. The van der Waals surface area contributed by atoms with Crippen LogP contribution in [-0.4, -0.2) is 33.3 Å². The first-order chi connectivity index (χ1) is 13.2. The number of carbonyl (C=O) groups is 2. The molecule has 7 heteroatoms. The number of amides is 1. The molecule has 1 aliphatic rings. The maximum absolute atomic E-state index is 12.3. The van der Waals surface area contributed by atoms with Crippen molar-refractivity contribution in [1.82, 2.24) is 10.3 Å². The van der Waals surface area contributed by atoms with Crippen LogP contribution in [0.4, 0.5) is 0 Å². The second-order valence-corrected chi connectivity index (χ2v) is 7.22. The number of thioether (sulfide) groups is 1. The van der Waals surface area contributed by atoms with Gasteiger partial charge in [-0.3, -0.25) is 9.59 Å². The van der Waals surface area contributed by atoms with Gasteiger partial charge in [-0.05, 0) is 6.07 Å². The van der Waals surface area contributed by atoms with E-state index >= 15 is 0 Å². The minimum atomic E-state index is -0.486. The third kappa shape index (κ3) is 3.83. The van der Waals surface area contributed by atoms with Crippen LogP contribution in [0.5, 0.6) is 0 Å². The summed E-state index contributed by atoms with van der Waals surface area (Å²) >= 11 is 1.23. The first-order valence-corrected chi connectivity index (χ1v) is 9.31. The van der Waals surface area contributed by atoms with Crippen LogP contribution in [0.25, 0.3) is 10.9 Å². The van der Waals surface area contributed by atoms with E-state index in [1.54, 1.807) is 30.5 Å². The first kappa shape index (κ1) is 17.2. The second-order valence-electron chi connectivity index (χ2n) is 6.03. The Labute approximate surface area is 159 Å². The van der Waals surface area contributed by atoms with Crippen molar-refractivity contribution in [2.45, 2.75) is 11.7 Å². The molecule has 0 saturated carbocycles. The molecule has 0 radical (unpaired) electrons. The molecule has 27 heavy (non-hydrogen) atoms. The highest BCUT2D eigenvalue weighted by Crippen LogP contribution is 2.24. The summed E-state index contributed by atoms with van der Waals surface area (Å²) in [6.07, 6.45) is 3.63. The number of aromatic nitrogens is 1. The molecule has 1 saturated heterocycles. The van der Waals surface area contributed by atoms with Crippen LogP contribution in [-0.2, 0) is 4.79 Å². The monoisotopic (exact) mass is 376 g/mol. The lowest BCUT2D eigenvalue weighted by atomic mass is 10.1. The fourth-order valence-corrected chi connectivity index (χ4v) is 3.77. The number of carbonyl (C=O) groups excluding carboxylic acids is 2. The van der Waals surface area contributed by atoms with E-state index in [4.69, 9.17) is 0 Å². The van der Waals surface area contributed by atoms with Crippen molar-refractivity contribution in [2.24, 2.45) is 10.2 Å². The molecule has 1 aromatic heterocycles. The molecule has 2 N–H and O–H groups in total. The molecule has 6 nitrogen and oxygen atoms in total. The number of nitrogens with zero attached hydrogens (tertiary/aromatic N) is 2. The van der Waals surface area contributed by atoms with E-state index < -0.39 is 5.25 Å². The van der Waals surface area contributed by atoms with Crippen molar-refractivity contribution in [3.63, 3.8) is 0 Å². The molecular formula is C20H16N4O2S. The van der Waals surface area contributed by atoms with Crippen molar-refractivity contribution in [3.8, 4) is 0 Å². The van der Waals surface area contributed by atoms with Crippen LogP contribution < -0.4 is 5.32 Å². The van der Waals surface area contributed by atoms with Crippen molar-refractivity contribution in [2.75, 3.05) is 0 Å². The molecule has 0 unspecified atom stereocenters. The largest absolute Gasteiger partial charge is 0.361 e. The van der Waals surface area contributed by atoms with Gasteiger partial charge in [-0.15, -0.1) is 5.10 Å². The van der Waals surface area contributed by atoms with Crippen LogP contribution >= 0.6 is 11.8 Å². The van der Waals surface area contributed by atoms with Gasteiger partial charge < -0.3 is 10.3 Å². The number of hydrogen-bond donors (Lipinski definition) is 2. The maximum atomic E-state index is 12.3. The highest BCUT2D eigenvalue weighted by molar-refractivity contribution is 8.15. The third-order valence-electron chi connectivity index (χ3n) is 4.21.